The van der Waals surface area contributed by atoms with E-state index in [1.54, 1.807) is 0 Å². The van der Waals surface area contributed by atoms with Crippen LogP contribution in [0.4, 0.5) is 0 Å². The molecule has 0 nitrogen and oxygen atoms in total. The summed E-state index contributed by atoms with van der Waals surface area (Å²) in [5.74, 6) is 0. The zero-order valence-corrected chi connectivity index (χ0v) is 14.0. The topological polar surface area (TPSA) is 0 Å². The molecule has 106 valence electrons. The molecular weight excluding hydrogens is 315 g/mol. The number of rotatable bonds is 2. The largest absolute Gasteiger partial charge is 0.310 e. The fraction of sp³-hybridized carbons (Fsp3) is 0. The van der Waals surface area contributed by atoms with Gasteiger partial charge in [-0.25, -0.2) is 0 Å². The van der Waals surface area contributed by atoms with Gasteiger partial charge < -0.3 is 0 Å². The van der Waals surface area contributed by atoms with Crippen molar-refractivity contribution in [2.75, 3.05) is 0 Å². The molecule has 0 aromatic heterocycles. The molecule has 0 saturated heterocycles. The van der Waals surface area contributed by atoms with E-state index in [4.69, 9.17) is 22.2 Å². The van der Waals surface area contributed by atoms with Crippen LogP contribution >= 0.6 is 22.2 Å². The minimum absolute atomic E-state index is 1.03. The Balaban J connectivity index is 0.000000225. The first-order valence-electron chi connectivity index (χ1n) is 6.70. The Hall–Kier alpha value is -1.54. The summed E-state index contributed by atoms with van der Waals surface area (Å²) >= 11 is 13.0. The molecule has 3 heteroatoms. The number of benzene rings is 3. The molecule has 0 saturated carbocycles. The summed E-state index contributed by atoms with van der Waals surface area (Å²) in [7, 11) is 0. The minimum atomic E-state index is -2.51. The third-order valence-electron chi connectivity index (χ3n) is 2.94. The zero-order chi connectivity index (χ0) is 15.0. The molecule has 0 bridgehead atoms. The molecule has 0 fully saturated rings. The Labute approximate surface area is 136 Å². The third-order valence-corrected chi connectivity index (χ3v) is 7.67. The Morgan fingerprint density at radius 1 is 0.429 bits per heavy atom. The average molecular weight is 331 g/mol. The van der Waals surface area contributed by atoms with Gasteiger partial charge in [-0.2, -0.15) is 0 Å². The van der Waals surface area contributed by atoms with Crippen molar-refractivity contribution in [2.45, 2.75) is 0 Å². The summed E-state index contributed by atoms with van der Waals surface area (Å²) in [4.78, 5) is 0. The lowest BCUT2D eigenvalue weighted by atomic mass is 10.4. The van der Waals surface area contributed by atoms with Crippen LogP contribution in [0.3, 0.4) is 0 Å². The van der Waals surface area contributed by atoms with Gasteiger partial charge in [0.1, 0.15) is 0 Å². The van der Waals surface area contributed by atoms with Gasteiger partial charge in [0.2, 0.25) is 0 Å². The molecule has 0 spiro atoms. The number of halogens is 2. The first-order valence-corrected chi connectivity index (χ1v) is 10.7. The van der Waals surface area contributed by atoms with E-state index in [1.807, 2.05) is 97.1 Å². The van der Waals surface area contributed by atoms with E-state index >= 15 is 0 Å². The second-order valence-corrected chi connectivity index (χ2v) is 10.7. The molecule has 21 heavy (non-hydrogen) atoms. The highest BCUT2D eigenvalue weighted by Gasteiger charge is 2.32. The molecule has 0 aliphatic rings. The molecule has 0 aliphatic carbocycles. The first kappa shape index (κ1) is 15.8. The Morgan fingerprint density at radius 3 is 0.952 bits per heavy atom. The maximum absolute atomic E-state index is 6.49. The standard InChI is InChI=1S/C12H10Cl2Si.C6H6/c13-15(14,11-7-3-1-4-8-11)12-9-5-2-6-10-12;1-2-4-6-5-3-1/h1-10H;1-6H. The third kappa shape index (κ3) is 4.75. The van der Waals surface area contributed by atoms with Crippen LogP contribution in [0, 0.1) is 0 Å². The van der Waals surface area contributed by atoms with Crippen LogP contribution in [0.25, 0.3) is 0 Å². The van der Waals surface area contributed by atoms with Gasteiger partial charge >= 0.3 is 6.69 Å². The molecule has 0 heterocycles. The van der Waals surface area contributed by atoms with Crippen LogP contribution < -0.4 is 10.4 Å². The van der Waals surface area contributed by atoms with E-state index in [0.717, 1.165) is 10.4 Å². The zero-order valence-electron chi connectivity index (χ0n) is 11.5. The highest BCUT2D eigenvalue weighted by atomic mass is 35.7. The molecule has 0 unspecified atom stereocenters. The smallest absolute Gasteiger partial charge is 0.134 e. The molecular formula is C18H16Cl2Si. The van der Waals surface area contributed by atoms with E-state index in [-0.39, 0.29) is 0 Å². The van der Waals surface area contributed by atoms with Crippen LogP contribution in [-0.4, -0.2) is 6.69 Å². The van der Waals surface area contributed by atoms with Gasteiger partial charge in [-0.05, 0) is 10.4 Å². The van der Waals surface area contributed by atoms with Gasteiger partial charge in [-0.3, -0.25) is 0 Å². The molecule has 0 amide bonds. The van der Waals surface area contributed by atoms with Crippen LogP contribution in [0.15, 0.2) is 97.1 Å². The SMILES string of the molecule is Cl[Si](Cl)(c1ccccc1)c1ccccc1.c1ccccc1. The van der Waals surface area contributed by atoms with Crippen molar-refractivity contribution in [1.29, 1.82) is 0 Å². The Kier molecular flexibility index (Phi) is 6.06. The second-order valence-electron chi connectivity index (χ2n) is 4.46. The van der Waals surface area contributed by atoms with Gasteiger partial charge in [0.25, 0.3) is 0 Å². The van der Waals surface area contributed by atoms with Gasteiger partial charge in [0.05, 0.1) is 0 Å². The molecule has 0 atom stereocenters. The van der Waals surface area contributed by atoms with Crippen molar-refractivity contribution in [2.24, 2.45) is 0 Å². The summed E-state index contributed by atoms with van der Waals surface area (Å²) in [6.07, 6.45) is 0. The lowest BCUT2D eigenvalue weighted by Gasteiger charge is -2.17. The van der Waals surface area contributed by atoms with Crippen molar-refractivity contribution >= 4 is 39.2 Å². The second kappa shape index (κ2) is 8.04. The van der Waals surface area contributed by atoms with Gasteiger partial charge in [-0.1, -0.05) is 97.1 Å². The molecule has 0 N–H and O–H groups in total. The van der Waals surface area contributed by atoms with Crippen molar-refractivity contribution in [3.63, 3.8) is 0 Å². The van der Waals surface area contributed by atoms with E-state index in [0.29, 0.717) is 0 Å². The highest BCUT2D eigenvalue weighted by molar-refractivity contribution is 7.56. The van der Waals surface area contributed by atoms with Crippen molar-refractivity contribution in [3.8, 4) is 0 Å². The van der Waals surface area contributed by atoms with Crippen LogP contribution in [0.2, 0.25) is 0 Å². The fourth-order valence-electron chi connectivity index (χ4n) is 1.85. The van der Waals surface area contributed by atoms with Gasteiger partial charge in [0, 0.05) is 0 Å². The van der Waals surface area contributed by atoms with E-state index in [9.17, 15) is 0 Å². The van der Waals surface area contributed by atoms with Crippen LogP contribution in [0.1, 0.15) is 0 Å². The fourth-order valence-corrected chi connectivity index (χ4v) is 4.91. The van der Waals surface area contributed by atoms with Gasteiger partial charge in [0.15, 0.2) is 0 Å². The number of hydrogen-bond donors (Lipinski definition) is 0. The quantitative estimate of drug-likeness (QED) is 0.482. The van der Waals surface area contributed by atoms with E-state index in [2.05, 4.69) is 0 Å². The lowest BCUT2D eigenvalue weighted by Crippen LogP contribution is -2.48. The number of hydrogen-bond acceptors (Lipinski definition) is 0. The van der Waals surface area contributed by atoms with Crippen molar-refractivity contribution < 1.29 is 0 Å². The normalized spacial score (nSPS) is 10.4. The summed E-state index contributed by atoms with van der Waals surface area (Å²) < 4.78 is 0. The predicted molar refractivity (Wildman–Crippen MR) is 96.1 cm³/mol. The van der Waals surface area contributed by atoms with Gasteiger partial charge in [-0.15, -0.1) is 22.2 Å². The van der Waals surface area contributed by atoms with Crippen LogP contribution in [-0.2, 0) is 0 Å². The molecule has 0 aliphatic heterocycles. The van der Waals surface area contributed by atoms with Crippen LogP contribution in [0.5, 0.6) is 0 Å². The molecule has 0 radical (unpaired) electrons. The predicted octanol–water partition coefficient (Wildman–Crippen LogP) is 4.41. The first-order chi connectivity index (χ1) is 10.2. The van der Waals surface area contributed by atoms with Crippen molar-refractivity contribution in [3.05, 3.63) is 97.1 Å². The monoisotopic (exact) mass is 330 g/mol. The molecule has 3 rings (SSSR count). The lowest BCUT2D eigenvalue weighted by molar-refractivity contribution is 1.72. The average Bonchev–Trinajstić information content (AvgIpc) is 2.59. The molecule has 3 aromatic carbocycles. The maximum Gasteiger partial charge on any atom is 0.310 e. The summed E-state index contributed by atoms with van der Waals surface area (Å²) in [6.45, 7) is -2.51. The van der Waals surface area contributed by atoms with Crippen molar-refractivity contribution in [1.82, 2.24) is 0 Å². The molecule has 3 aromatic rings. The van der Waals surface area contributed by atoms with E-state index in [1.165, 1.54) is 0 Å². The highest BCUT2D eigenvalue weighted by Crippen LogP contribution is 2.14. The minimum Gasteiger partial charge on any atom is -0.134 e. The maximum atomic E-state index is 6.49. The Bertz CT molecular complexity index is 557. The van der Waals surface area contributed by atoms with E-state index < -0.39 is 6.69 Å². The summed E-state index contributed by atoms with van der Waals surface area (Å²) in [5.41, 5.74) is 0. The summed E-state index contributed by atoms with van der Waals surface area (Å²) in [5, 5.41) is 2.05. The Morgan fingerprint density at radius 2 is 0.667 bits per heavy atom. The summed E-state index contributed by atoms with van der Waals surface area (Å²) in [6, 6.07) is 31.7.